The first kappa shape index (κ1) is 12.5. The van der Waals surface area contributed by atoms with Gasteiger partial charge in [-0.15, -0.1) is 0 Å². The van der Waals surface area contributed by atoms with Crippen LogP contribution < -0.4 is 4.90 Å². The van der Waals surface area contributed by atoms with Crippen molar-refractivity contribution in [2.24, 2.45) is 0 Å². The summed E-state index contributed by atoms with van der Waals surface area (Å²) in [7, 11) is 0. The summed E-state index contributed by atoms with van der Waals surface area (Å²) in [5.74, 6) is -0.0408. The molecule has 0 N–H and O–H groups in total. The van der Waals surface area contributed by atoms with Gasteiger partial charge in [0.25, 0.3) is 0 Å². The van der Waals surface area contributed by atoms with Gasteiger partial charge >= 0.3 is 5.97 Å². The van der Waals surface area contributed by atoms with Crippen LogP contribution in [0.25, 0.3) is 0 Å². The molecule has 0 aliphatic carbocycles. The number of nitrogens with zero attached hydrogens (tertiary/aromatic N) is 1. The van der Waals surface area contributed by atoms with E-state index in [9.17, 15) is 4.79 Å². The Hall–Kier alpha value is -1.51. The molecule has 0 fully saturated rings. The van der Waals surface area contributed by atoms with Crippen LogP contribution >= 0.6 is 0 Å². The SMILES string of the molecule is CCCC1(C(=O)OCC)Cc2cccc3c2N1CC3. The molecular weight excluding hydrogens is 238 g/mol. The second-order valence-corrected chi connectivity index (χ2v) is 5.51. The minimum atomic E-state index is -0.445. The molecule has 3 heteroatoms. The van der Waals surface area contributed by atoms with Crippen molar-refractivity contribution in [2.75, 3.05) is 18.1 Å². The summed E-state index contributed by atoms with van der Waals surface area (Å²) in [6.07, 6.45) is 3.73. The molecule has 0 radical (unpaired) electrons. The van der Waals surface area contributed by atoms with Crippen LogP contribution in [0.4, 0.5) is 5.69 Å². The zero-order valence-corrected chi connectivity index (χ0v) is 11.7. The van der Waals surface area contributed by atoms with E-state index in [2.05, 4.69) is 30.0 Å². The molecule has 0 saturated carbocycles. The summed E-state index contributed by atoms with van der Waals surface area (Å²) in [6, 6.07) is 6.46. The minimum absolute atomic E-state index is 0.0408. The second kappa shape index (κ2) is 4.55. The molecule has 102 valence electrons. The van der Waals surface area contributed by atoms with Gasteiger partial charge < -0.3 is 9.64 Å². The highest BCUT2D eigenvalue weighted by Crippen LogP contribution is 2.47. The zero-order chi connectivity index (χ0) is 13.5. The molecule has 1 unspecified atom stereocenters. The van der Waals surface area contributed by atoms with E-state index in [1.807, 2.05) is 6.92 Å². The third kappa shape index (κ3) is 1.67. The van der Waals surface area contributed by atoms with Crippen LogP contribution in [0.5, 0.6) is 0 Å². The van der Waals surface area contributed by atoms with Crippen molar-refractivity contribution >= 4 is 11.7 Å². The predicted octanol–water partition coefficient (Wildman–Crippen LogP) is 2.71. The molecule has 0 bridgehead atoms. The van der Waals surface area contributed by atoms with Gasteiger partial charge in [0.1, 0.15) is 5.54 Å². The average Bonchev–Trinajstić information content (AvgIpc) is 2.96. The van der Waals surface area contributed by atoms with E-state index in [1.54, 1.807) is 0 Å². The Morgan fingerprint density at radius 1 is 1.37 bits per heavy atom. The highest BCUT2D eigenvalue weighted by atomic mass is 16.5. The molecule has 0 amide bonds. The Kier molecular flexibility index (Phi) is 3.00. The van der Waals surface area contributed by atoms with Gasteiger partial charge in [-0.3, -0.25) is 0 Å². The van der Waals surface area contributed by atoms with E-state index in [0.717, 1.165) is 32.2 Å². The maximum Gasteiger partial charge on any atom is 0.332 e. The van der Waals surface area contributed by atoms with Crippen LogP contribution in [-0.4, -0.2) is 24.7 Å². The normalized spacial score (nSPS) is 23.6. The highest BCUT2D eigenvalue weighted by Gasteiger charge is 2.52. The highest BCUT2D eigenvalue weighted by molar-refractivity contribution is 5.90. The smallest absolute Gasteiger partial charge is 0.332 e. The average molecular weight is 259 g/mol. The molecular formula is C16H21NO2. The number of anilines is 1. The number of hydrogen-bond donors (Lipinski definition) is 0. The molecule has 0 saturated heterocycles. The van der Waals surface area contributed by atoms with E-state index in [1.165, 1.54) is 16.8 Å². The van der Waals surface area contributed by atoms with Crippen molar-refractivity contribution in [3.8, 4) is 0 Å². The summed E-state index contributed by atoms with van der Waals surface area (Å²) in [5.41, 5.74) is 3.57. The van der Waals surface area contributed by atoms with E-state index in [4.69, 9.17) is 4.74 Å². The van der Waals surface area contributed by atoms with E-state index >= 15 is 0 Å². The summed E-state index contributed by atoms with van der Waals surface area (Å²) in [4.78, 5) is 14.9. The van der Waals surface area contributed by atoms with Crippen molar-refractivity contribution in [3.63, 3.8) is 0 Å². The fourth-order valence-corrected chi connectivity index (χ4v) is 3.70. The Morgan fingerprint density at radius 3 is 2.89 bits per heavy atom. The number of ether oxygens (including phenoxy) is 1. The standard InChI is InChI=1S/C16H21NO2/c1-3-9-16(15(18)19-4-2)11-13-7-5-6-12-8-10-17(16)14(12)13/h5-7H,3-4,8-11H2,1-2H3. The van der Waals surface area contributed by atoms with E-state index in [-0.39, 0.29) is 5.97 Å². The second-order valence-electron chi connectivity index (χ2n) is 5.51. The van der Waals surface area contributed by atoms with Gasteiger partial charge in [0.05, 0.1) is 6.61 Å². The molecule has 2 heterocycles. The lowest BCUT2D eigenvalue weighted by Crippen LogP contribution is -2.53. The Balaban J connectivity index is 2.04. The lowest BCUT2D eigenvalue weighted by molar-refractivity contribution is -0.149. The number of carbonyl (C=O) groups is 1. The van der Waals surface area contributed by atoms with Crippen LogP contribution in [0, 0.1) is 0 Å². The van der Waals surface area contributed by atoms with Gasteiger partial charge in [-0.1, -0.05) is 31.5 Å². The molecule has 2 aliphatic rings. The van der Waals surface area contributed by atoms with E-state index < -0.39 is 5.54 Å². The maximum atomic E-state index is 12.6. The first-order valence-electron chi connectivity index (χ1n) is 7.28. The van der Waals surface area contributed by atoms with Gasteiger partial charge in [0.2, 0.25) is 0 Å². The fraction of sp³-hybridized carbons (Fsp3) is 0.562. The number of rotatable bonds is 4. The van der Waals surface area contributed by atoms with Crippen molar-refractivity contribution in [1.82, 2.24) is 0 Å². The fourth-order valence-electron chi connectivity index (χ4n) is 3.70. The van der Waals surface area contributed by atoms with Crippen LogP contribution in [0.2, 0.25) is 0 Å². The first-order valence-corrected chi connectivity index (χ1v) is 7.28. The van der Waals surface area contributed by atoms with Crippen LogP contribution in [-0.2, 0) is 22.4 Å². The molecule has 0 aromatic heterocycles. The maximum absolute atomic E-state index is 12.6. The predicted molar refractivity (Wildman–Crippen MR) is 75.5 cm³/mol. The molecule has 2 aliphatic heterocycles. The summed E-state index contributed by atoms with van der Waals surface area (Å²) >= 11 is 0. The van der Waals surface area contributed by atoms with Crippen LogP contribution in [0.1, 0.15) is 37.8 Å². The minimum Gasteiger partial charge on any atom is -0.464 e. The lowest BCUT2D eigenvalue weighted by Gasteiger charge is -2.36. The third-order valence-corrected chi connectivity index (χ3v) is 4.40. The third-order valence-electron chi connectivity index (χ3n) is 4.40. The van der Waals surface area contributed by atoms with Crippen molar-refractivity contribution in [2.45, 2.75) is 45.1 Å². The van der Waals surface area contributed by atoms with Gasteiger partial charge in [-0.25, -0.2) is 4.79 Å². The Labute approximate surface area is 114 Å². The van der Waals surface area contributed by atoms with Gasteiger partial charge in [-0.2, -0.15) is 0 Å². The van der Waals surface area contributed by atoms with Gasteiger partial charge in [0, 0.05) is 18.7 Å². The van der Waals surface area contributed by atoms with Crippen LogP contribution in [0.15, 0.2) is 18.2 Å². The molecule has 3 rings (SSSR count). The van der Waals surface area contributed by atoms with Gasteiger partial charge in [0.15, 0.2) is 0 Å². The van der Waals surface area contributed by atoms with Crippen molar-refractivity contribution in [1.29, 1.82) is 0 Å². The number of benzene rings is 1. The van der Waals surface area contributed by atoms with Crippen molar-refractivity contribution < 1.29 is 9.53 Å². The van der Waals surface area contributed by atoms with E-state index in [0.29, 0.717) is 6.61 Å². The summed E-state index contributed by atoms with van der Waals surface area (Å²) in [5, 5.41) is 0. The van der Waals surface area contributed by atoms with Gasteiger partial charge in [-0.05, 0) is 30.9 Å². The molecule has 1 aromatic carbocycles. The zero-order valence-electron chi connectivity index (χ0n) is 11.7. The molecule has 0 spiro atoms. The number of para-hydroxylation sites is 1. The lowest BCUT2D eigenvalue weighted by atomic mass is 9.88. The first-order chi connectivity index (χ1) is 9.23. The molecule has 1 atom stereocenters. The number of carbonyl (C=O) groups excluding carboxylic acids is 1. The summed E-state index contributed by atoms with van der Waals surface area (Å²) in [6.45, 7) is 5.43. The van der Waals surface area contributed by atoms with Crippen molar-refractivity contribution in [3.05, 3.63) is 29.3 Å². The summed E-state index contributed by atoms with van der Waals surface area (Å²) < 4.78 is 5.39. The van der Waals surface area contributed by atoms with Crippen LogP contribution in [0.3, 0.4) is 0 Å². The Morgan fingerprint density at radius 2 is 2.16 bits per heavy atom. The quantitative estimate of drug-likeness (QED) is 0.779. The molecule has 1 aromatic rings. The monoisotopic (exact) mass is 259 g/mol. The number of esters is 1. The molecule has 19 heavy (non-hydrogen) atoms. The Bertz CT molecular complexity index is 511. The largest absolute Gasteiger partial charge is 0.464 e. The molecule has 3 nitrogen and oxygen atoms in total. The topological polar surface area (TPSA) is 29.5 Å². The number of hydrogen-bond acceptors (Lipinski definition) is 3.